The van der Waals surface area contributed by atoms with Crippen LogP contribution in [0.4, 0.5) is 0 Å². The molecule has 2 heterocycles. The van der Waals surface area contributed by atoms with E-state index in [-0.39, 0.29) is 24.5 Å². The number of furan rings is 1. The van der Waals surface area contributed by atoms with Crippen LogP contribution in [0.3, 0.4) is 0 Å². The second-order valence-corrected chi connectivity index (χ2v) is 5.57. The zero-order valence-electron chi connectivity index (χ0n) is 13.3. The first-order valence-electron chi connectivity index (χ1n) is 7.67. The van der Waals surface area contributed by atoms with Crippen molar-refractivity contribution in [1.82, 2.24) is 4.90 Å². The summed E-state index contributed by atoms with van der Waals surface area (Å²) >= 11 is 0. The molecule has 2 rings (SSSR count). The maximum atomic E-state index is 12.7. The Morgan fingerprint density at radius 1 is 1.41 bits per heavy atom. The molecule has 122 valence electrons. The Hall–Kier alpha value is -1.82. The molecule has 1 fully saturated rings. The summed E-state index contributed by atoms with van der Waals surface area (Å²) in [5.41, 5.74) is 1.03. The molecule has 1 N–H and O–H groups in total. The van der Waals surface area contributed by atoms with Crippen molar-refractivity contribution in [2.45, 2.75) is 51.7 Å². The van der Waals surface area contributed by atoms with Crippen molar-refractivity contribution in [3.05, 3.63) is 23.2 Å². The lowest BCUT2D eigenvalue weighted by molar-refractivity contribution is -0.138. The smallest absolute Gasteiger partial charge is 0.305 e. The molecule has 1 saturated heterocycles. The molecular formula is C16H23NO5. The summed E-state index contributed by atoms with van der Waals surface area (Å²) in [6.07, 6.45) is 1.87. The third-order valence-corrected chi connectivity index (χ3v) is 4.19. The van der Waals surface area contributed by atoms with Gasteiger partial charge in [-0.15, -0.1) is 0 Å². The number of carboxylic acids is 1. The van der Waals surface area contributed by atoms with Gasteiger partial charge in [0.05, 0.1) is 12.5 Å². The summed E-state index contributed by atoms with van der Waals surface area (Å²) < 4.78 is 11.0. The van der Waals surface area contributed by atoms with E-state index < -0.39 is 5.97 Å². The molecule has 0 aromatic carbocycles. The molecule has 6 heteroatoms. The summed E-state index contributed by atoms with van der Waals surface area (Å²) in [7, 11) is 1.58. The van der Waals surface area contributed by atoms with Crippen LogP contribution in [0.15, 0.2) is 10.5 Å². The summed E-state index contributed by atoms with van der Waals surface area (Å²) in [5.74, 6) is -0.0494. The zero-order valence-corrected chi connectivity index (χ0v) is 13.3. The van der Waals surface area contributed by atoms with Gasteiger partial charge in [0.2, 0.25) is 0 Å². The average molecular weight is 309 g/mol. The first-order chi connectivity index (χ1) is 10.5. The van der Waals surface area contributed by atoms with E-state index in [1.807, 2.05) is 13.8 Å². The average Bonchev–Trinajstić information content (AvgIpc) is 3.09. The monoisotopic (exact) mass is 309 g/mol. The second-order valence-electron chi connectivity index (χ2n) is 5.57. The predicted molar refractivity (Wildman–Crippen MR) is 80.0 cm³/mol. The second kappa shape index (κ2) is 6.96. The lowest BCUT2D eigenvalue weighted by Crippen LogP contribution is -2.37. The maximum absolute atomic E-state index is 12.7. The van der Waals surface area contributed by atoms with Crippen molar-refractivity contribution in [2.24, 2.45) is 0 Å². The Kier molecular flexibility index (Phi) is 5.24. The lowest BCUT2D eigenvalue weighted by atomic mass is 10.1. The van der Waals surface area contributed by atoms with Gasteiger partial charge in [-0.05, 0) is 24.5 Å². The van der Waals surface area contributed by atoms with Crippen LogP contribution in [0.2, 0.25) is 0 Å². The number of likely N-dealkylation sites (tertiary alicyclic amines) is 1. The van der Waals surface area contributed by atoms with Gasteiger partial charge >= 0.3 is 5.97 Å². The number of carbonyl (C=O) groups excluding carboxylic acids is 1. The molecule has 1 aliphatic heterocycles. The van der Waals surface area contributed by atoms with Crippen molar-refractivity contribution in [1.29, 1.82) is 0 Å². The maximum Gasteiger partial charge on any atom is 0.305 e. The van der Waals surface area contributed by atoms with E-state index in [1.165, 1.54) is 0 Å². The van der Waals surface area contributed by atoms with E-state index in [4.69, 9.17) is 14.3 Å². The fraction of sp³-hybridized carbons (Fsp3) is 0.625. The van der Waals surface area contributed by atoms with Crippen LogP contribution >= 0.6 is 0 Å². The van der Waals surface area contributed by atoms with Crippen LogP contribution in [0.5, 0.6) is 0 Å². The first-order valence-corrected chi connectivity index (χ1v) is 7.67. The highest BCUT2D eigenvalue weighted by molar-refractivity contribution is 5.92. The summed E-state index contributed by atoms with van der Waals surface area (Å²) in [6.45, 7) is 4.40. The molecule has 0 radical (unpaired) electrons. The number of ether oxygens (including phenoxy) is 1. The van der Waals surface area contributed by atoms with E-state index in [1.54, 1.807) is 18.1 Å². The number of amides is 1. The number of rotatable bonds is 6. The minimum atomic E-state index is -0.914. The zero-order chi connectivity index (χ0) is 16.3. The van der Waals surface area contributed by atoms with Crippen LogP contribution < -0.4 is 0 Å². The van der Waals surface area contributed by atoms with Gasteiger partial charge in [-0.2, -0.15) is 0 Å². The van der Waals surface area contributed by atoms with Gasteiger partial charge in [-0.3, -0.25) is 9.59 Å². The number of aliphatic carboxylic acids is 1. The van der Waals surface area contributed by atoms with Gasteiger partial charge in [-0.25, -0.2) is 0 Å². The largest absolute Gasteiger partial charge is 0.481 e. The third kappa shape index (κ3) is 3.32. The van der Waals surface area contributed by atoms with Crippen molar-refractivity contribution in [2.75, 3.05) is 13.7 Å². The fourth-order valence-electron chi connectivity index (χ4n) is 3.00. The molecule has 1 aromatic heterocycles. The first kappa shape index (κ1) is 16.5. The van der Waals surface area contributed by atoms with E-state index in [2.05, 4.69) is 0 Å². The Balaban J connectivity index is 2.22. The molecule has 22 heavy (non-hydrogen) atoms. The van der Waals surface area contributed by atoms with E-state index in [9.17, 15) is 9.59 Å². The molecule has 1 aliphatic rings. The molecule has 0 bridgehead atoms. The standard InChI is InChI=1S/C16H23NO5/c1-4-10-6-14(22-13(10)5-2)16(20)17-9-12(21-3)7-11(17)8-15(18)19/h6,11-12H,4-5,7-9H2,1-3H3,(H,18,19). The van der Waals surface area contributed by atoms with Crippen LogP contribution in [0.1, 0.15) is 48.6 Å². The topological polar surface area (TPSA) is 80.0 Å². The van der Waals surface area contributed by atoms with E-state index >= 15 is 0 Å². The highest BCUT2D eigenvalue weighted by Crippen LogP contribution is 2.26. The lowest BCUT2D eigenvalue weighted by Gasteiger charge is -2.21. The van der Waals surface area contributed by atoms with Crippen LogP contribution in [-0.4, -0.2) is 47.7 Å². The van der Waals surface area contributed by atoms with Crippen LogP contribution in [-0.2, 0) is 22.4 Å². The number of carboxylic acid groups (broad SMARTS) is 1. The predicted octanol–water partition coefficient (Wildman–Crippen LogP) is 2.11. The molecule has 0 spiro atoms. The Labute approximate surface area is 130 Å². The molecule has 1 aromatic rings. The minimum absolute atomic E-state index is 0.0758. The van der Waals surface area contributed by atoms with Gasteiger partial charge in [0.25, 0.3) is 5.91 Å². The van der Waals surface area contributed by atoms with E-state index in [0.29, 0.717) is 18.7 Å². The Bertz CT molecular complexity index is 529. The van der Waals surface area contributed by atoms with Crippen molar-refractivity contribution in [3.8, 4) is 0 Å². The van der Waals surface area contributed by atoms with Gasteiger partial charge in [0, 0.05) is 26.1 Å². The Morgan fingerprint density at radius 2 is 2.14 bits per heavy atom. The molecule has 0 aliphatic carbocycles. The number of hydrogen-bond acceptors (Lipinski definition) is 4. The normalized spacial score (nSPS) is 21.3. The van der Waals surface area contributed by atoms with E-state index in [0.717, 1.165) is 24.2 Å². The fourth-order valence-corrected chi connectivity index (χ4v) is 3.00. The molecular weight excluding hydrogens is 286 g/mol. The van der Waals surface area contributed by atoms with Crippen molar-refractivity contribution >= 4 is 11.9 Å². The third-order valence-electron chi connectivity index (χ3n) is 4.19. The van der Waals surface area contributed by atoms with Crippen molar-refractivity contribution in [3.63, 3.8) is 0 Å². The Morgan fingerprint density at radius 3 is 2.64 bits per heavy atom. The highest BCUT2D eigenvalue weighted by Gasteiger charge is 2.38. The summed E-state index contributed by atoms with van der Waals surface area (Å²) in [5, 5.41) is 9.03. The number of carbonyl (C=O) groups is 2. The summed E-state index contributed by atoms with van der Waals surface area (Å²) in [4.78, 5) is 25.3. The highest BCUT2D eigenvalue weighted by atomic mass is 16.5. The quantitative estimate of drug-likeness (QED) is 0.870. The van der Waals surface area contributed by atoms with Crippen molar-refractivity contribution < 1.29 is 23.8 Å². The summed E-state index contributed by atoms with van der Waals surface area (Å²) in [6, 6.07) is 1.43. The van der Waals surface area contributed by atoms with Gasteiger partial charge in [0.1, 0.15) is 5.76 Å². The SMILES string of the molecule is CCc1cc(C(=O)N2CC(OC)CC2CC(=O)O)oc1CC. The minimum Gasteiger partial charge on any atom is -0.481 e. The van der Waals surface area contributed by atoms with Crippen LogP contribution in [0.25, 0.3) is 0 Å². The van der Waals surface area contributed by atoms with Gasteiger partial charge in [0.15, 0.2) is 5.76 Å². The molecule has 2 atom stereocenters. The number of nitrogens with zero attached hydrogens (tertiary/aromatic N) is 1. The van der Waals surface area contributed by atoms with Gasteiger partial charge in [-0.1, -0.05) is 13.8 Å². The number of methoxy groups -OCH3 is 1. The molecule has 2 unspecified atom stereocenters. The molecule has 1 amide bonds. The van der Waals surface area contributed by atoms with Gasteiger partial charge < -0.3 is 19.2 Å². The molecule has 6 nitrogen and oxygen atoms in total. The van der Waals surface area contributed by atoms with Crippen LogP contribution in [0, 0.1) is 0 Å². The molecule has 0 saturated carbocycles. The number of aryl methyl sites for hydroxylation is 2. The number of hydrogen-bond donors (Lipinski definition) is 1.